The molecule has 2 N–H and O–H groups in total. The van der Waals surface area contributed by atoms with Gasteiger partial charge in [-0.2, -0.15) is 0 Å². The van der Waals surface area contributed by atoms with Gasteiger partial charge in [0.2, 0.25) is 5.91 Å². The van der Waals surface area contributed by atoms with Crippen LogP contribution in [0.3, 0.4) is 0 Å². The van der Waals surface area contributed by atoms with Crippen LogP contribution in [0.5, 0.6) is 0 Å². The fourth-order valence-corrected chi connectivity index (χ4v) is 3.37. The van der Waals surface area contributed by atoms with Crippen LogP contribution in [0, 0.1) is 11.3 Å². The average Bonchev–Trinajstić information content (AvgIpc) is 2.42. The molecule has 20 heavy (non-hydrogen) atoms. The number of nitrogens with zero attached hydrogens (tertiary/aromatic N) is 1. The number of β-amino-alcohol motifs (C(OH)–C–C–N with tert-alkyl or cyclic N) is 1. The molecule has 2 fully saturated rings. The smallest absolute Gasteiger partial charge is 0.310 e. The molecule has 0 aromatic rings. The minimum Gasteiger partial charge on any atom is -0.481 e. The van der Waals surface area contributed by atoms with E-state index in [2.05, 4.69) is 0 Å². The second kappa shape index (κ2) is 6.12. The van der Waals surface area contributed by atoms with Crippen molar-refractivity contribution in [2.24, 2.45) is 11.3 Å². The summed E-state index contributed by atoms with van der Waals surface area (Å²) in [7, 11) is 0. The van der Waals surface area contributed by atoms with E-state index in [0.717, 1.165) is 25.7 Å². The molecule has 0 radical (unpaired) electrons. The third-order valence-electron chi connectivity index (χ3n) is 5.03. The number of piperidine rings is 1. The summed E-state index contributed by atoms with van der Waals surface area (Å²) in [5, 5.41) is 19.4. The monoisotopic (exact) mass is 283 g/mol. The van der Waals surface area contributed by atoms with Gasteiger partial charge in [-0.1, -0.05) is 26.2 Å². The standard InChI is InChI=1S/C15H25NO4/c1-11-5-8-16(10-12(11)17)13(18)9-15(14(19)20)6-3-2-4-7-15/h11-12,17H,2-10H2,1H3,(H,19,20). The third kappa shape index (κ3) is 3.14. The lowest BCUT2D eigenvalue weighted by Crippen LogP contribution is -2.48. The summed E-state index contributed by atoms with van der Waals surface area (Å²) < 4.78 is 0. The quantitative estimate of drug-likeness (QED) is 0.825. The van der Waals surface area contributed by atoms with Gasteiger partial charge in [-0.15, -0.1) is 0 Å². The van der Waals surface area contributed by atoms with Gasteiger partial charge in [-0.25, -0.2) is 0 Å². The van der Waals surface area contributed by atoms with Gasteiger partial charge in [0.25, 0.3) is 0 Å². The first-order valence-electron chi connectivity index (χ1n) is 7.64. The van der Waals surface area contributed by atoms with Crippen LogP contribution < -0.4 is 0 Å². The Morgan fingerprint density at radius 1 is 1.25 bits per heavy atom. The molecule has 0 spiro atoms. The number of aliphatic hydroxyl groups excluding tert-OH is 1. The van der Waals surface area contributed by atoms with Crippen LogP contribution in [0.1, 0.15) is 51.9 Å². The van der Waals surface area contributed by atoms with Gasteiger partial charge in [0.05, 0.1) is 11.5 Å². The van der Waals surface area contributed by atoms with E-state index < -0.39 is 17.5 Å². The minimum absolute atomic E-state index is 0.0867. The normalized spacial score (nSPS) is 30.0. The molecule has 1 saturated heterocycles. The number of hydrogen-bond acceptors (Lipinski definition) is 3. The number of hydrogen-bond donors (Lipinski definition) is 2. The van der Waals surface area contributed by atoms with Crippen molar-refractivity contribution < 1.29 is 19.8 Å². The van der Waals surface area contributed by atoms with Crippen LogP contribution in [0.15, 0.2) is 0 Å². The highest BCUT2D eigenvalue weighted by atomic mass is 16.4. The van der Waals surface area contributed by atoms with E-state index in [1.54, 1.807) is 4.90 Å². The zero-order valence-corrected chi connectivity index (χ0v) is 12.2. The van der Waals surface area contributed by atoms with Gasteiger partial charge in [0, 0.05) is 19.5 Å². The Balaban J connectivity index is 2.00. The molecule has 0 bridgehead atoms. The first-order valence-corrected chi connectivity index (χ1v) is 7.64. The van der Waals surface area contributed by atoms with Crippen molar-refractivity contribution in [3.63, 3.8) is 0 Å². The van der Waals surface area contributed by atoms with Gasteiger partial charge < -0.3 is 15.1 Å². The summed E-state index contributed by atoms with van der Waals surface area (Å²) in [6.07, 6.45) is 4.42. The summed E-state index contributed by atoms with van der Waals surface area (Å²) in [5.41, 5.74) is -0.872. The lowest BCUT2D eigenvalue weighted by Gasteiger charge is -2.38. The topological polar surface area (TPSA) is 77.8 Å². The third-order valence-corrected chi connectivity index (χ3v) is 5.03. The fourth-order valence-electron chi connectivity index (χ4n) is 3.37. The van der Waals surface area contributed by atoms with Crippen molar-refractivity contribution >= 4 is 11.9 Å². The Morgan fingerprint density at radius 2 is 1.90 bits per heavy atom. The molecule has 5 nitrogen and oxygen atoms in total. The molecule has 0 aromatic heterocycles. The molecular formula is C15H25NO4. The van der Waals surface area contributed by atoms with Gasteiger partial charge in [0.15, 0.2) is 0 Å². The summed E-state index contributed by atoms with van der Waals surface area (Å²) >= 11 is 0. The van der Waals surface area contributed by atoms with E-state index in [4.69, 9.17) is 0 Å². The fraction of sp³-hybridized carbons (Fsp3) is 0.867. The molecule has 0 aromatic carbocycles. The van der Waals surface area contributed by atoms with Crippen LogP contribution in [-0.2, 0) is 9.59 Å². The Kier molecular flexibility index (Phi) is 4.68. The second-order valence-corrected chi connectivity index (χ2v) is 6.50. The molecule has 114 valence electrons. The SMILES string of the molecule is CC1CCN(C(=O)CC2(C(=O)O)CCCCC2)CC1O. The van der Waals surface area contributed by atoms with Crippen LogP contribution in [0.25, 0.3) is 0 Å². The molecule has 1 heterocycles. The maximum atomic E-state index is 12.4. The Bertz CT molecular complexity index is 376. The first-order chi connectivity index (χ1) is 9.44. The van der Waals surface area contributed by atoms with E-state index in [0.29, 0.717) is 25.9 Å². The molecule has 1 saturated carbocycles. The van der Waals surface area contributed by atoms with Crippen molar-refractivity contribution in [3.05, 3.63) is 0 Å². The molecule has 5 heteroatoms. The molecule has 2 aliphatic rings. The van der Waals surface area contributed by atoms with Crippen molar-refractivity contribution in [1.29, 1.82) is 0 Å². The molecule has 2 unspecified atom stereocenters. The van der Waals surface area contributed by atoms with Crippen LogP contribution in [-0.4, -0.2) is 46.2 Å². The largest absolute Gasteiger partial charge is 0.481 e. The number of amides is 1. The van der Waals surface area contributed by atoms with Crippen LogP contribution in [0.4, 0.5) is 0 Å². The van der Waals surface area contributed by atoms with E-state index in [9.17, 15) is 19.8 Å². The van der Waals surface area contributed by atoms with Gasteiger partial charge in [-0.05, 0) is 25.2 Å². The van der Waals surface area contributed by atoms with E-state index >= 15 is 0 Å². The van der Waals surface area contributed by atoms with Crippen molar-refractivity contribution in [3.8, 4) is 0 Å². The maximum Gasteiger partial charge on any atom is 0.310 e. The summed E-state index contributed by atoms with van der Waals surface area (Å²) in [6, 6.07) is 0. The highest BCUT2D eigenvalue weighted by Gasteiger charge is 2.42. The summed E-state index contributed by atoms with van der Waals surface area (Å²) in [5.74, 6) is -0.737. The second-order valence-electron chi connectivity index (χ2n) is 6.50. The Hall–Kier alpha value is -1.10. The number of carboxylic acids is 1. The number of aliphatic carboxylic acids is 1. The van der Waals surface area contributed by atoms with Crippen molar-refractivity contribution in [2.75, 3.05) is 13.1 Å². The van der Waals surface area contributed by atoms with E-state index in [1.165, 1.54) is 0 Å². The number of likely N-dealkylation sites (tertiary alicyclic amines) is 1. The maximum absolute atomic E-state index is 12.4. The van der Waals surface area contributed by atoms with Crippen LogP contribution in [0.2, 0.25) is 0 Å². The Morgan fingerprint density at radius 3 is 2.45 bits per heavy atom. The van der Waals surface area contributed by atoms with Crippen molar-refractivity contribution in [2.45, 2.75) is 58.0 Å². The summed E-state index contributed by atoms with van der Waals surface area (Å²) in [4.78, 5) is 25.6. The molecule has 2 rings (SSSR count). The van der Waals surface area contributed by atoms with E-state index in [1.807, 2.05) is 6.92 Å². The number of carboxylic acid groups (broad SMARTS) is 1. The lowest BCUT2D eigenvalue weighted by atomic mass is 9.71. The first kappa shape index (κ1) is 15.3. The average molecular weight is 283 g/mol. The highest BCUT2D eigenvalue weighted by molar-refractivity contribution is 5.85. The number of carbonyl (C=O) groups excluding carboxylic acids is 1. The predicted molar refractivity (Wildman–Crippen MR) is 74.1 cm³/mol. The van der Waals surface area contributed by atoms with Gasteiger partial charge >= 0.3 is 5.97 Å². The molecular weight excluding hydrogens is 258 g/mol. The molecule has 1 aliphatic carbocycles. The number of rotatable bonds is 3. The molecule has 1 aliphatic heterocycles. The van der Waals surface area contributed by atoms with Gasteiger partial charge in [0.1, 0.15) is 0 Å². The van der Waals surface area contributed by atoms with Crippen molar-refractivity contribution in [1.82, 2.24) is 4.90 Å². The molecule has 2 atom stereocenters. The highest BCUT2D eigenvalue weighted by Crippen LogP contribution is 2.40. The summed E-state index contributed by atoms with van der Waals surface area (Å²) in [6.45, 7) is 2.95. The minimum atomic E-state index is -0.872. The number of carbonyl (C=O) groups is 2. The molecule has 1 amide bonds. The predicted octanol–water partition coefficient (Wildman–Crippen LogP) is 1.64. The van der Waals surface area contributed by atoms with Crippen LogP contribution >= 0.6 is 0 Å². The Labute approximate surface area is 120 Å². The zero-order valence-electron chi connectivity index (χ0n) is 12.2. The van der Waals surface area contributed by atoms with Gasteiger partial charge in [-0.3, -0.25) is 9.59 Å². The zero-order chi connectivity index (χ0) is 14.8. The lowest BCUT2D eigenvalue weighted by molar-refractivity contribution is -0.157. The van der Waals surface area contributed by atoms with E-state index in [-0.39, 0.29) is 18.2 Å². The number of aliphatic hydroxyl groups is 1.